The van der Waals surface area contributed by atoms with Gasteiger partial charge in [-0.2, -0.15) is 0 Å². The highest BCUT2D eigenvalue weighted by Gasteiger charge is 2.41. The van der Waals surface area contributed by atoms with Gasteiger partial charge in [0.1, 0.15) is 0 Å². The monoisotopic (exact) mass is 310 g/mol. The molecule has 6 heteroatoms. The summed E-state index contributed by atoms with van der Waals surface area (Å²) in [6, 6.07) is 3.78. The predicted octanol–water partition coefficient (Wildman–Crippen LogP) is 2.92. The fourth-order valence-electron chi connectivity index (χ4n) is 2.79. The van der Waals surface area contributed by atoms with Crippen LogP contribution in [0, 0.1) is 5.41 Å². The largest absolute Gasteiger partial charge is 0.481 e. The average Bonchev–Trinajstić information content (AvgIpc) is 3.14. The third-order valence-corrected chi connectivity index (χ3v) is 5.05. The fourth-order valence-corrected chi connectivity index (χ4v) is 3.51. The van der Waals surface area contributed by atoms with Gasteiger partial charge in [-0.25, -0.2) is 4.79 Å². The molecule has 21 heavy (non-hydrogen) atoms. The first-order valence-corrected chi connectivity index (χ1v) is 8.24. The van der Waals surface area contributed by atoms with Crippen molar-refractivity contribution in [2.45, 2.75) is 39.2 Å². The van der Waals surface area contributed by atoms with Crippen molar-refractivity contribution in [1.82, 2.24) is 10.2 Å². The van der Waals surface area contributed by atoms with E-state index in [0.717, 1.165) is 17.7 Å². The van der Waals surface area contributed by atoms with Gasteiger partial charge in [-0.1, -0.05) is 18.9 Å². The van der Waals surface area contributed by atoms with Crippen LogP contribution in [0.4, 0.5) is 4.79 Å². The Morgan fingerprint density at radius 1 is 1.43 bits per heavy atom. The van der Waals surface area contributed by atoms with Gasteiger partial charge in [-0.05, 0) is 31.2 Å². The van der Waals surface area contributed by atoms with Gasteiger partial charge < -0.3 is 15.3 Å². The number of carbonyl (C=O) groups excluding carboxylic acids is 1. The average molecular weight is 310 g/mol. The topological polar surface area (TPSA) is 69.6 Å². The molecule has 1 aromatic heterocycles. The van der Waals surface area contributed by atoms with Crippen LogP contribution < -0.4 is 5.32 Å². The highest BCUT2D eigenvalue weighted by molar-refractivity contribution is 7.09. The lowest BCUT2D eigenvalue weighted by Gasteiger charge is -2.27. The van der Waals surface area contributed by atoms with E-state index >= 15 is 0 Å². The molecule has 2 N–H and O–H groups in total. The molecule has 116 valence electrons. The summed E-state index contributed by atoms with van der Waals surface area (Å²) >= 11 is 1.62. The SMILES string of the molecule is CCN(Cc1cccs1)C(=O)NCC1(C(=O)O)CCCC1. The van der Waals surface area contributed by atoms with E-state index in [-0.39, 0.29) is 12.6 Å². The van der Waals surface area contributed by atoms with Gasteiger partial charge in [-0.3, -0.25) is 4.79 Å². The van der Waals surface area contributed by atoms with Gasteiger partial charge in [0.2, 0.25) is 0 Å². The number of aliphatic carboxylic acids is 1. The Hall–Kier alpha value is -1.56. The lowest BCUT2D eigenvalue weighted by Crippen LogP contribution is -2.46. The summed E-state index contributed by atoms with van der Waals surface area (Å²) < 4.78 is 0. The molecule has 1 aliphatic carbocycles. The summed E-state index contributed by atoms with van der Waals surface area (Å²) in [7, 11) is 0. The molecule has 2 amide bonds. The summed E-state index contributed by atoms with van der Waals surface area (Å²) in [6.45, 7) is 3.32. The second-order valence-electron chi connectivity index (χ2n) is 5.54. The highest BCUT2D eigenvalue weighted by atomic mass is 32.1. The molecule has 0 aromatic carbocycles. The summed E-state index contributed by atoms with van der Waals surface area (Å²) in [5.74, 6) is -0.790. The third-order valence-electron chi connectivity index (χ3n) is 4.19. The van der Waals surface area contributed by atoms with Gasteiger partial charge in [0.05, 0.1) is 12.0 Å². The number of nitrogens with one attached hydrogen (secondary N) is 1. The molecule has 1 aromatic rings. The number of nitrogens with zero attached hydrogens (tertiary/aromatic N) is 1. The number of carboxylic acid groups (broad SMARTS) is 1. The number of amides is 2. The van der Waals surface area contributed by atoms with Crippen LogP contribution in [0.1, 0.15) is 37.5 Å². The van der Waals surface area contributed by atoms with Gasteiger partial charge in [-0.15, -0.1) is 11.3 Å². The highest BCUT2D eigenvalue weighted by Crippen LogP contribution is 2.37. The van der Waals surface area contributed by atoms with Crippen LogP contribution in [0.2, 0.25) is 0 Å². The summed E-state index contributed by atoms with van der Waals surface area (Å²) in [5, 5.41) is 14.2. The second kappa shape index (κ2) is 6.93. The zero-order valence-corrected chi connectivity index (χ0v) is 13.1. The van der Waals surface area contributed by atoms with Crippen molar-refractivity contribution >= 4 is 23.3 Å². The molecule has 0 unspecified atom stereocenters. The number of urea groups is 1. The number of carboxylic acids is 1. The number of thiophene rings is 1. The molecular formula is C15H22N2O3S. The van der Waals surface area contributed by atoms with Gasteiger partial charge in [0.25, 0.3) is 0 Å². The Morgan fingerprint density at radius 2 is 2.14 bits per heavy atom. The molecule has 1 aliphatic rings. The predicted molar refractivity (Wildman–Crippen MR) is 82.3 cm³/mol. The Morgan fingerprint density at radius 3 is 2.67 bits per heavy atom. The molecule has 1 saturated carbocycles. The van der Waals surface area contributed by atoms with Crippen molar-refractivity contribution in [2.24, 2.45) is 5.41 Å². The van der Waals surface area contributed by atoms with Crippen LogP contribution in [0.5, 0.6) is 0 Å². The second-order valence-corrected chi connectivity index (χ2v) is 6.58. The lowest BCUT2D eigenvalue weighted by atomic mass is 9.86. The van der Waals surface area contributed by atoms with Crippen molar-refractivity contribution in [3.05, 3.63) is 22.4 Å². The summed E-state index contributed by atoms with van der Waals surface area (Å²) in [5.41, 5.74) is -0.766. The fraction of sp³-hybridized carbons (Fsp3) is 0.600. The first kappa shape index (κ1) is 15.8. The minimum absolute atomic E-state index is 0.182. The van der Waals surface area contributed by atoms with Crippen molar-refractivity contribution in [2.75, 3.05) is 13.1 Å². The molecular weight excluding hydrogens is 288 g/mol. The summed E-state index contributed by atoms with van der Waals surface area (Å²) in [4.78, 5) is 26.5. The first-order chi connectivity index (χ1) is 10.1. The maximum Gasteiger partial charge on any atom is 0.317 e. The Bertz CT molecular complexity index is 481. The molecule has 5 nitrogen and oxygen atoms in total. The molecule has 2 rings (SSSR count). The third kappa shape index (κ3) is 3.75. The van der Waals surface area contributed by atoms with E-state index < -0.39 is 11.4 Å². The molecule has 0 spiro atoms. The van der Waals surface area contributed by atoms with Crippen molar-refractivity contribution in [3.8, 4) is 0 Å². The van der Waals surface area contributed by atoms with E-state index in [9.17, 15) is 14.7 Å². The zero-order chi connectivity index (χ0) is 15.3. The number of hydrogen-bond donors (Lipinski definition) is 2. The molecule has 0 atom stereocenters. The van der Waals surface area contributed by atoms with E-state index in [1.165, 1.54) is 0 Å². The van der Waals surface area contributed by atoms with Crippen LogP contribution >= 0.6 is 11.3 Å². The Labute approximate surface area is 129 Å². The van der Waals surface area contributed by atoms with Gasteiger partial charge >= 0.3 is 12.0 Å². The van der Waals surface area contributed by atoms with E-state index in [0.29, 0.717) is 25.9 Å². The number of rotatable bonds is 6. The van der Waals surface area contributed by atoms with Crippen LogP contribution in [0.3, 0.4) is 0 Å². The van der Waals surface area contributed by atoms with Crippen LogP contribution in [-0.2, 0) is 11.3 Å². The molecule has 1 fully saturated rings. The van der Waals surface area contributed by atoms with E-state index in [2.05, 4.69) is 5.32 Å². The molecule has 1 heterocycles. The van der Waals surface area contributed by atoms with E-state index in [4.69, 9.17) is 0 Å². The molecule has 0 aliphatic heterocycles. The lowest BCUT2D eigenvalue weighted by molar-refractivity contribution is -0.148. The molecule has 0 saturated heterocycles. The minimum Gasteiger partial charge on any atom is -0.481 e. The van der Waals surface area contributed by atoms with E-state index in [1.54, 1.807) is 16.2 Å². The maximum atomic E-state index is 12.2. The van der Waals surface area contributed by atoms with Crippen molar-refractivity contribution in [3.63, 3.8) is 0 Å². The summed E-state index contributed by atoms with van der Waals surface area (Å²) in [6.07, 6.45) is 3.16. The van der Waals surface area contributed by atoms with Crippen LogP contribution in [-0.4, -0.2) is 35.1 Å². The van der Waals surface area contributed by atoms with Crippen LogP contribution in [0.15, 0.2) is 17.5 Å². The molecule has 0 radical (unpaired) electrons. The number of carbonyl (C=O) groups is 2. The van der Waals surface area contributed by atoms with E-state index in [1.807, 2.05) is 24.4 Å². The van der Waals surface area contributed by atoms with Crippen LogP contribution in [0.25, 0.3) is 0 Å². The Balaban J connectivity index is 1.91. The zero-order valence-electron chi connectivity index (χ0n) is 12.3. The number of hydrogen-bond acceptors (Lipinski definition) is 3. The van der Waals surface area contributed by atoms with Gasteiger partial charge in [0.15, 0.2) is 0 Å². The maximum absolute atomic E-state index is 12.2. The smallest absolute Gasteiger partial charge is 0.317 e. The first-order valence-electron chi connectivity index (χ1n) is 7.36. The quantitative estimate of drug-likeness (QED) is 0.849. The normalized spacial score (nSPS) is 16.6. The van der Waals surface area contributed by atoms with Gasteiger partial charge in [0, 0.05) is 18.0 Å². The molecule has 0 bridgehead atoms. The van der Waals surface area contributed by atoms with Crippen molar-refractivity contribution in [1.29, 1.82) is 0 Å². The minimum atomic E-state index is -0.790. The Kier molecular flexibility index (Phi) is 5.22. The van der Waals surface area contributed by atoms with Crippen molar-refractivity contribution < 1.29 is 14.7 Å². The standard InChI is InChI=1S/C15H22N2O3S/c1-2-17(10-12-6-5-9-21-12)14(20)16-11-15(13(18)19)7-3-4-8-15/h5-6,9H,2-4,7-8,10-11H2,1H3,(H,16,20)(H,18,19).